The maximum atomic E-state index is 11.3. The molecule has 0 radical (unpaired) electrons. The van der Waals surface area contributed by atoms with Crippen LogP contribution in [0.15, 0.2) is 36.4 Å². The molecule has 0 unspecified atom stereocenters. The number of ether oxygens (including phenoxy) is 1. The molecule has 0 amide bonds. The van der Waals surface area contributed by atoms with Gasteiger partial charge in [-0.3, -0.25) is 4.79 Å². The van der Waals surface area contributed by atoms with E-state index < -0.39 is 0 Å². The lowest BCUT2D eigenvalue weighted by atomic mass is 10.1. The van der Waals surface area contributed by atoms with Gasteiger partial charge in [-0.25, -0.2) is 0 Å². The third-order valence-corrected chi connectivity index (χ3v) is 3.53. The normalized spacial score (nSPS) is 10.4. The molecular weight excluding hydrogens is 272 g/mol. The van der Waals surface area contributed by atoms with Crippen LogP contribution in [-0.2, 0) is 6.61 Å². The minimum absolute atomic E-state index is 0.0567. The van der Waals surface area contributed by atoms with Gasteiger partial charge in [0.2, 0.25) is 0 Å². The van der Waals surface area contributed by atoms with Gasteiger partial charge in [0.05, 0.1) is 0 Å². The number of ketones is 1. The van der Waals surface area contributed by atoms with Crippen molar-refractivity contribution in [1.82, 2.24) is 0 Å². The Bertz CT molecular complexity index is 647. The first-order valence-corrected chi connectivity index (χ1v) is 6.84. The third kappa shape index (κ3) is 3.40. The van der Waals surface area contributed by atoms with Crippen LogP contribution in [-0.4, -0.2) is 5.78 Å². The van der Waals surface area contributed by atoms with Crippen LogP contribution in [0.5, 0.6) is 5.75 Å². The molecular formula is C17H17ClO2. The Labute approximate surface area is 124 Å². The van der Waals surface area contributed by atoms with Gasteiger partial charge in [-0.1, -0.05) is 23.7 Å². The van der Waals surface area contributed by atoms with E-state index in [9.17, 15) is 4.79 Å². The highest BCUT2D eigenvalue weighted by molar-refractivity contribution is 6.31. The van der Waals surface area contributed by atoms with E-state index in [0.717, 1.165) is 22.4 Å². The van der Waals surface area contributed by atoms with Crippen molar-refractivity contribution in [2.24, 2.45) is 0 Å². The minimum Gasteiger partial charge on any atom is -0.489 e. The molecule has 0 N–H and O–H groups in total. The Morgan fingerprint density at radius 3 is 2.50 bits per heavy atom. The molecule has 0 saturated heterocycles. The fourth-order valence-electron chi connectivity index (χ4n) is 1.96. The average Bonchev–Trinajstić information content (AvgIpc) is 2.38. The summed E-state index contributed by atoms with van der Waals surface area (Å²) in [6.45, 7) is 5.90. The van der Waals surface area contributed by atoms with Gasteiger partial charge in [-0.15, -0.1) is 0 Å². The molecule has 2 rings (SSSR count). The highest BCUT2D eigenvalue weighted by Crippen LogP contribution is 2.23. The highest BCUT2D eigenvalue weighted by Gasteiger charge is 2.06. The molecule has 2 aromatic rings. The second-order valence-corrected chi connectivity index (χ2v) is 5.33. The van der Waals surface area contributed by atoms with Gasteiger partial charge >= 0.3 is 0 Å². The van der Waals surface area contributed by atoms with E-state index in [1.165, 1.54) is 0 Å². The largest absolute Gasteiger partial charge is 0.489 e. The number of carbonyl (C=O) groups excluding carboxylic acids is 1. The zero-order valence-electron chi connectivity index (χ0n) is 11.9. The summed E-state index contributed by atoms with van der Waals surface area (Å²) in [5, 5.41) is 0.711. The van der Waals surface area contributed by atoms with Gasteiger partial charge in [0.25, 0.3) is 0 Å². The van der Waals surface area contributed by atoms with E-state index in [-0.39, 0.29) is 5.78 Å². The van der Waals surface area contributed by atoms with Gasteiger partial charge in [0.1, 0.15) is 12.4 Å². The molecule has 0 saturated carbocycles. The lowest BCUT2D eigenvalue weighted by molar-refractivity contribution is 0.101. The van der Waals surface area contributed by atoms with Crippen LogP contribution in [0, 0.1) is 13.8 Å². The average molecular weight is 289 g/mol. The molecule has 104 valence electrons. The summed E-state index contributed by atoms with van der Waals surface area (Å²) in [5.74, 6) is 0.827. The number of hydrogen-bond acceptors (Lipinski definition) is 2. The molecule has 0 atom stereocenters. The van der Waals surface area contributed by atoms with E-state index >= 15 is 0 Å². The van der Waals surface area contributed by atoms with Crippen LogP contribution in [0.25, 0.3) is 0 Å². The zero-order chi connectivity index (χ0) is 14.7. The van der Waals surface area contributed by atoms with Crippen molar-refractivity contribution in [3.8, 4) is 5.75 Å². The summed E-state index contributed by atoms with van der Waals surface area (Å²) in [4.78, 5) is 11.3. The molecule has 0 spiro atoms. The minimum atomic E-state index is 0.0567. The number of aryl methyl sites for hydroxylation is 2. The highest BCUT2D eigenvalue weighted by atomic mass is 35.5. The topological polar surface area (TPSA) is 26.3 Å². The summed E-state index contributed by atoms with van der Waals surface area (Å²) < 4.78 is 5.78. The molecule has 0 bridgehead atoms. The first-order chi connectivity index (χ1) is 9.47. The Kier molecular flexibility index (Phi) is 4.46. The standard InChI is InChI=1S/C17H17ClO2/c1-11-4-5-15(16(18)8-11)10-20-17-7-6-14(13(3)19)9-12(17)2/h4-9H,10H2,1-3H3. The van der Waals surface area contributed by atoms with Crippen LogP contribution in [0.4, 0.5) is 0 Å². The van der Waals surface area contributed by atoms with Gasteiger partial charge in [-0.05, 0) is 56.2 Å². The Morgan fingerprint density at radius 2 is 1.90 bits per heavy atom. The van der Waals surface area contributed by atoms with E-state index in [2.05, 4.69) is 0 Å². The monoisotopic (exact) mass is 288 g/mol. The molecule has 0 aliphatic heterocycles. The number of benzene rings is 2. The van der Waals surface area contributed by atoms with Crippen molar-refractivity contribution in [2.75, 3.05) is 0 Å². The maximum Gasteiger partial charge on any atom is 0.159 e. The van der Waals surface area contributed by atoms with E-state index in [4.69, 9.17) is 16.3 Å². The Morgan fingerprint density at radius 1 is 1.15 bits per heavy atom. The molecule has 3 heteroatoms. The number of Topliss-reactive ketones (excluding diaryl/α,β-unsaturated/α-hetero) is 1. The molecule has 0 aliphatic rings. The van der Waals surface area contributed by atoms with Crippen molar-refractivity contribution >= 4 is 17.4 Å². The van der Waals surface area contributed by atoms with Crippen molar-refractivity contribution < 1.29 is 9.53 Å². The van der Waals surface area contributed by atoms with Crippen molar-refractivity contribution in [2.45, 2.75) is 27.4 Å². The van der Waals surface area contributed by atoms with Gasteiger partial charge < -0.3 is 4.74 Å². The fraction of sp³-hybridized carbons (Fsp3) is 0.235. The lowest BCUT2D eigenvalue weighted by Gasteiger charge is -2.11. The second kappa shape index (κ2) is 6.10. The first-order valence-electron chi connectivity index (χ1n) is 6.47. The zero-order valence-corrected chi connectivity index (χ0v) is 12.6. The van der Waals surface area contributed by atoms with Gasteiger partial charge in [0, 0.05) is 16.1 Å². The van der Waals surface area contributed by atoms with Crippen LogP contribution >= 0.6 is 11.6 Å². The molecule has 2 aromatic carbocycles. The fourth-order valence-corrected chi connectivity index (χ4v) is 2.24. The Balaban J connectivity index is 2.13. The van der Waals surface area contributed by atoms with Crippen molar-refractivity contribution in [3.05, 3.63) is 63.7 Å². The second-order valence-electron chi connectivity index (χ2n) is 4.92. The van der Waals surface area contributed by atoms with Crippen LogP contribution < -0.4 is 4.74 Å². The third-order valence-electron chi connectivity index (χ3n) is 3.17. The van der Waals surface area contributed by atoms with Crippen LogP contribution in [0.3, 0.4) is 0 Å². The SMILES string of the molecule is CC(=O)c1ccc(OCc2ccc(C)cc2Cl)c(C)c1. The number of hydrogen-bond donors (Lipinski definition) is 0. The van der Waals surface area contributed by atoms with Gasteiger partial charge in [0.15, 0.2) is 5.78 Å². The Hall–Kier alpha value is -1.80. The van der Waals surface area contributed by atoms with Crippen molar-refractivity contribution in [1.29, 1.82) is 0 Å². The lowest BCUT2D eigenvalue weighted by Crippen LogP contribution is -2.00. The summed E-state index contributed by atoms with van der Waals surface area (Å²) in [5.41, 5.74) is 3.72. The molecule has 2 nitrogen and oxygen atoms in total. The van der Waals surface area contributed by atoms with E-state index in [1.807, 2.05) is 44.2 Å². The molecule has 0 fully saturated rings. The number of carbonyl (C=O) groups is 1. The molecule has 0 heterocycles. The summed E-state index contributed by atoms with van der Waals surface area (Å²) in [6, 6.07) is 11.4. The number of halogens is 1. The molecule has 0 aliphatic carbocycles. The predicted octanol–water partition coefficient (Wildman–Crippen LogP) is 4.74. The molecule has 0 aromatic heterocycles. The predicted molar refractivity (Wildman–Crippen MR) is 81.7 cm³/mol. The number of rotatable bonds is 4. The summed E-state index contributed by atoms with van der Waals surface area (Å²) in [6.07, 6.45) is 0. The van der Waals surface area contributed by atoms with Gasteiger partial charge in [-0.2, -0.15) is 0 Å². The first kappa shape index (κ1) is 14.6. The smallest absolute Gasteiger partial charge is 0.159 e. The van der Waals surface area contributed by atoms with Crippen molar-refractivity contribution in [3.63, 3.8) is 0 Å². The van der Waals surface area contributed by atoms with Crippen LogP contribution in [0.1, 0.15) is 34.0 Å². The van der Waals surface area contributed by atoms with E-state index in [1.54, 1.807) is 13.0 Å². The van der Waals surface area contributed by atoms with Crippen LogP contribution in [0.2, 0.25) is 5.02 Å². The summed E-state index contributed by atoms with van der Waals surface area (Å²) in [7, 11) is 0. The summed E-state index contributed by atoms with van der Waals surface area (Å²) >= 11 is 6.18. The molecule has 20 heavy (non-hydrogen) atoms. The van der Waals surface area contributed by atoms with E-state index in [0.29, 0.717) is 17.2 Å². The quantitative estimate of drug-likeness (QED) is 0.760. The maximum absolute atomic E-state index is 11.3.